The molecule has 0 bridgehead atoms. The fourth-order valence-corrected chi connectivity index (χ4v) is 12.9. The highest BCUT2D eigenvalue weighted by Crippen LogP contribution is 2.43. The van der Waals surface area contributed by atoms with Crippen molar-refractivity contribution in [3.05, 3.63) is 247 Å². The lowest BCUT2D eigenvalue weighted by atomic mass is 9.76. The van der Waals surface area contributed by atoms with E-state index in [9.17, 15) is 10.0 Å². The Morgan fingerprint density at radius 3 is 1.26 bits per heavy atom. The van der Waals surface area contributed by atoms with Gasteiger partial charge in [0, 0.05) is 44.8 Å². The van der Waals surface area contributed by atoms with Crippen molar-refractivity contribution in [2.45, 2.75) is 0 Å². The van der Waals surface area contributed by atoms with E-state index in [0.29, 0.717) is 5.46 Å². The maximum absolute atomic E-state index is 9.44. The molecule has 0 aliphatic heterocycles. The Bertz CT molecular complexity index is 4270. The summed E-state index contributed by atoms with van der Waals surface area (Å²) in [6.07, 6.45) is 0. The van der Waals surface area contributed by atoms with Crippen molar-refractivity contribution < 1.29 is 10.0 Å². The molecule has 2 N–H and O–H groups in total. The van der Waals surface area contributed by atoms with Crippen LogP contribution in [0, 0.1) is 0 Å². The molecule has 0 fully saturated rings. The highest BCUT2D eigenvalue weighted by Gasteiger charge is 2.17. The molecule has 2 nitrogen and oxygen atoms in total. The molecular formula is C64H42BBrO2S2. The lowest BCUT2D eigenvalue weighted by Gasteiger charge is -2.12. The number of benzene rings is 12. The highest BCUT2D eigenvalue weighted by molar-refractivity contribution is 9.10. The molecule has 0 aliphatic carbocycles. The molecule has 0 spiro atoms. The van der Waals surface area contributed by atoms with E-state index in [1.807, 2.05) is 77.3 Å². The van der Waals surface area contributed by atoms with Crippen molar-refractivity contribution in [2.24, 2.45) is 0 Å². The minimum absolute atomic E-state index is 0.555. The van der Waals surface area contributed by atoms with E-state index in [-0.39, 0.29) is 0 Å². The summed E-state index contributed by atoms with van der Waals surface area (Å²) in [5, 5.41) is 33.6. The zero-order valence-electron chi connectivity index (χ0n) is 37.8. The standard InChI is InChI=1S/C32H20S.C18H11BrS.C14H11BO2/c1-2-12-24-23(9-1)20-30(27-14-4-3-13-26(24)27)22-11-7-10-21(19-22)25-16-8-17-29-28-15-5-6-18-31(28)33-32(25)29;19-13-6-3-5-12(11-13)14-8-4-9-16-15-7-1-2-10-17(15)20-18(14)16;16-15(17)14-9-10-5-1-2-6-11(10)12-7-3-4-8-13(12)14/h1-20H;1-11H;1-9,16-17H. The van der Waals surface area contributed by atoms with Crippen LogP contribution in [-0.2, 0) is 0 Å². The molecule has 14 aromatic rings. The largest absolute Gasteiger partial charge is 0.489 e. The van der Waals surface area contributed by atoms with E-state index in [2.05, 4.69) is 204 Å². The van der Waals surface area contributed by atoms with Gasteiger partial charge in [-0.2, -0.15) is 0 Å². The number of rotatable bonds is 4. The van der Waals surface area contributed by atoms with Crippen LogP contribution in [0.4, 0.5) is 0 Å². The van der Waals surface area contributed by atoms with Gasteiger partial charge < -0.3 is 10.0 Å². The molecule has 0 aliphatic rings. The zero-order valence-corrected chi connectivity index (χ0v) is 41.0. The van der Waals surface area contributed by atoms with E-state index < -0.39 is 7.12 Å². The summed E-state index contributed by atoms with van der Waals surface area (Å²) in [6.45, 7) is 0. The van der Waals surface area contributed by atoms with Gasteiger partial charge in [0.2, 0.25) is 0 Å². The van der Waals surface area contributed by atoms with E-state index in [4.69, 9.17) is 0 Å². The molecule has 0 radical (unpaired) electrons. The summed E-state index contributed by atoms with van der Waals surface area (Å²) in [4.78, 5) is 0. The second kappa shape index (κ2) is 18.8. The van der Waals surface area contributed by atoms with Crippen molar-refractivity contribution in [1.82, 2.24) is 0 Å². The Morgan fingerprint density at radius 1 is 0.300 bits per heavy atom. The van der Waals surface area contributed by atoms with Crippen LogP contribution in [0.25, 0.3) is 117 Å². The van der Waals surface area contributed by atoms with Crippen molar-refractivity contribution in [3.63, 3.8) is 0 Å². The number of halogens is 1. The van der Waals surface area contributed by atoms with Crippen molar-refractivity contribution in [1.29, 1.82) is 0 Å². The van der Waals surface area contributed by atoms with Crippen LogP contribution >= 0.6 is 38.6 Å². The maximum atomic E-state index is 9.44. The topological polar surface area (TPSA) is 40.5 Å². The second-order valence-electron chi connectivity index (χ2n) is 17.4. The summed E-state index contributed by atoms with van der Waals surface area (Å²) in [5.41, 5.74) is 8.24. The number of thiophene rings is 2. The Balaban J connectivity index is 0.000000117. The quantitative estimate of drug-likeness (QED) is 0.136. The van der Waals surface area contributed by atoms with Gasteiger partial charge in [0.25, 0.3) is 0 Å². The van der Waals surface area contributed by atoms with Gasteiger partial charge >= 0.3 is 7.12 Å². The zero-order chi connectivity index (χ0) is 47.1. The first-order valence-electron chi connectivity index (χ1n) is 23.3. The van der Waals surface area contributed by atoms with Gasteiger partial charge in [-0.15, -0.1) is 22.7 Å². The predicted octanol–water partition coefficient (Wildman–Crippen LogP) is 17.9. The van der Waals surface area contributed by atoms with E-state index in [1.54, 1.807) is 0 Å². The fourth-order valence-electron chi connectivity index (χ4n) is 10.0. The lowest BCUT2D eigenvalue weighted by molar-refractivity contribution is 0.426. The van der Waals surface area contributed by atoms with Crippen molar-refractivity contribution >= 4 is 135 Å². The first-order chi connectivity index (χ1) is 34.5. The molecule has 0 atom stereocenters. The number of fused-ring (bicyclic) bond motifs is 12. The van der Waals surface area contributed by atoms with Crippen LogP contribution in [0.1, 0.15) is 0 Å². The van der Waals surface area contributed by atoms with E-state index >= 15 is 0 Å². The summed E-state index contributed by atoms with van der Waals surface area (Å²) >= 11 is 7.32. The second-order valence-corrected chi connectivity index (χ2v) is 20.5. The van der Waals surface area contributed by atoms with E-state index in [0.717, 1.165) is 26.0 Å². The maximum Gasteiger partial charge on any atom is 0.489 e. The third-order valence-electron chi connectivity index (χ3n) is 13.3. The highest BCUT2D eigenvalue weighted by atomic mass is 79.9. The first kappa shape index (κ1) is 43.8. The predicted molar refractivity (Wildman–Crippen MR) is 309 cm³/mol. The molecule has 0 saturated heterocycles. The van der Waals surface area contributed by atoms with Crippen LogP contribution in [0.15, 0.2) is 247 Å². The van der Waals surface area contributed by atoms with Gasteiger partial charge in [-0.3, -0.25) is 0 Å². The van der Waals surface area contributed by atoms with Crippen LogP contribution in [0.3, 0.4) is 0 Å². The van der Waals surface area contributed by atoms with Gasteiger partial charge in [-0.1, -0.05) is 222 Å². The van der Waals surface area contributed by atoms with Crippen LogP contribution in [-0.4, -0.2) is 17.2 Å². The average Bonchev–Trinajstić information content (AvgIpc) is 4.00. The first-order valence-corrected chi connectivity index (χ1v) is 25.7. The molecule has 0 saturated carbocycles. The fraction of sp³-hybridized carbons (Fsp3) is 0. The van der Waals surface area contributed by atoms with Gasteiger partial charge in [-0.25, -0.2) is 0 Å². The third-order valence-corrected chi connectivity index (χ3v) is 16.2. The summed E-state index contributed by atoms with van der Waals surface area (Å²) in [7, 11) is -1.44. The van der Waals surface area contributed by atoms with Gasteiger partial charge in [0.15, 0.2) is 0 Å². The number of hydrogen-bond acceptors (Lipinski definition) is 4. The normalized spacial score (nSPS) is 11.4. The molecule has 70 heavy (non-hydrogen) atoms. The summed E-state index contributed by atoms with van der Waals surface area (Å²) in [5.74, 6) is 0. The average molecular weight is 998 g/mol. The van der Waals surface area contributed by atoms with Gasteiger partial charge in [-0.05, 0) is 118 Å². The van der Waals surface area contributed by atoms with E-state index in [1.165, 1.54) is 95.3 Å². The Hall–Kier alpha value is -7.42. The monoisotopic (exact) mass is 996 g/mol. The SMILES string of the molecule is Brc1cccc(-c2cccc3c2sc2ccccc23)c1.OB(O)c1cc2ccccc2c2ccccc12.c1cc(-c2cc3ccccc3c3ccccc23)cc(-c2cccc3c2sc2ccccc23)c1. The summed E-state index contributed by atoms with van der Waals surface area (Å²) in [6, 6.07) is 85.5. The molecule has 0 unspecified atom stereocenters. The molecule has 12 aromatic carbocycles. The smallest absolute Gasteiger partial charge is 0.423 e. The molecule has 2 heterocycles. The minimum atomic E-state index is -1.44. The molecule has 14 rings (SSSR count). The Morgan fingerprint density at radius 2 is 0.700 bits per heavy atom. The van der Waals surface area contributed by atoms with Crippen LogP contribution in [0.2, 0.25) is 0 Å². The Labute approximate surface area is 422 Å². The molecular weight excluding hydrogens is 956 g/mol. The van der Waals surface area contributed by atoms with Crippen LogP contribution < -0.4 is 5.46 Å². The molecule has 0 amide bonds. The summed E-state index contributed by atoms with van der Waals surface area (Å²) < 4.78 is 6.54. The van der Waals surface area contributed by atoms with Gasteiger partial charge in [0.1, 0.15) is 0 Å². The molecule has 6 heteroatoms. The van der Waals surface area contributed by atoms with Crippen molar-refractivity contribution in [3.8, 4) is 33.4 Å². The molecule has 2 aromatic heterocycles. The van der Waals surface area contributed by atoms with Crippen molar-refractivity contribution in [2.75, 3.05) is 0 Å². The Kier molecular flexibility index (Phi) is 11.8. The third kappa shape index (κ3) is 8.14. The molecule has 332 valence electrons. The minimum Gasteiger partial charge on any atom is -0.423 e. The van der Waals surface area contributed by atoms with Crippen LogP contribution in [0.5, 0.6) is 0 Å². The number of hydrogen-bond donors (Lipinski definition) is 2. The lowest BCUT2D eigenvalue weighted by Crippen LogP contribution is -2.30. The van der Waals surface area contributed by atoms with Gasteiger partial charge in [0.05, 0.1) is 0 Å².